The minimum Gasteiger partial charge on any atom is -0.496 e. The number of hydrogen-bond donors (Lipinski definition) is 2. The van der Waals surface area contributed by atoms with Crippen LogP contribution in [0.15, 0.2) is 53.5 Å². The van der Waals surface area contributed by atoms with Gasteiger partial charge in [-0.25, -0.2) is 0 Å². The van der Waals surface area contributed by atoms with E-state index < -0.39 is 0 Å². The Kier molecular flexibility index (Phi) is 7.15. The molecule has 0 radical (unpaired) electrons. The molecular weight excluding hydrogens is 298 g/mol. The summed E-state index contributed by atoms with van der Waals surface area (Å²) in [5, 5.41) is 6.70. The fourth-order valence-electron chi connectivity index (χ4n) is 2.52. The Hall–Kier alpha value is -2.49. The zero-order valence-electron chi connectivity index (χ0n) is 14.8. The molecule has 0 atom stereocenters. The van der Waals surface area contributed by atoms with Crippen LogP contribution >= 0.6 is 0 Å². The highest BCUT2D eigenvalue weighted by Crippen LogP contribution is 2.18. The van der Waals surface area contributed by atoms with E-state index in [1.165, 1.54) is 11.1 Å². The number of aliphatic imine (C=N–C) groups is 1. The van der Waals surface area contributed by atoms with Gasteiger partial charge in [-0.15, -0.1) is 0 Å². The van der Waals surface area contributed by atoms with Crippen LogP contribution in [0.2, 0.25) is 0 Å². The average molecular weight is 325 g/mol. The molecule has 2 N–H and O–H groups in total. The fraction of sp³-hybridized carbons (Fsp3) is 0.350. The molecular formula is C20H27N3O. The molecule has 0 spiro atoms. The van der Waals surface area contributed by atoms with Crippen LogP contribution in [0.5, 0.6) is 5.75 Å². The minimum atomic E-state index is 0.717. The van der Waals surface area contributed by atoms with Gasteiger partial charge in [0.25, 0.3) is 0 Å². The smallest absolute Gasteiger partial charge is 0.191 e. The molecule has 2 rings (SSSR count). The summed E-state index contributed by atoms with van der Waals surface area (Å²) in [6.07, 6.45) is 2.14. The zero-order chi connectivity index (χ0) is 17.2. The second kappa shape index (κ2) is 9.60. The highest BCUT2D eigenvalue weighted by atomic mass is 16.5. The zero-order valence-corrected chi connectivity index (χ0v) is 14.8. The molecule has 0 unspecified atom stereocenters. The second-order valence-electron chi connectivity index (χ2n) is 5.75. The Balaban J connectivity index is 1.74. The molecule has 0 aromatic heterocycles. The quantitative estimate of drug-likeness (QED) is 0.466. The average Bonchev–Trinajstić information content (AvgIpc) is 2.63. The van der Waals surface area contributed by atoms with Crippen LogP contribution in [0.3, 0.4) is 0 Å². The van der Waals surface area contributed by atoms with Gasteiger partial charge in [0, 0.05) is 20.1 Å². The maximum absolute atomic E-state index is 5.37. The summed E-state index contributed by atoms with van der Waals surface area (Å²) in [5.74, 6) is 1.74. The summed E-state index contributed by atoms with van der Waals surface area (Å²) in [4.78, 5) is 4.27. The Labute approximate surface area is 145 Å². The number of aryl methyl sites for hydroxylation is 2. The maximum Gasteiger partial charge on any atom is 0.191 e. The number of rotatable bonds is 7. The van der Waals surface area contributed by atoms with E-state index in [1.54, 1.807) is 14.2 Å². The Morgan fingerprint density at radius 1 is 1.04 bits per heavy atom. The molecule has 0 heterocycles. The van der Waals surface area contributed by atoms with E-state index in [0.29, 0.717) is 0 Å². The first kappa shape index (κ1) is 17.9. The Morgan fingerprint density at radius 2 is 1.83 bits per heavy atom. The van der Waals surface area contributed by atoms with Gasteiger partial charge < -0.3 is 15.4 Å². The van der Waals surface area contributed by atoms with Crippen molar-refractivity contribution >= 4 is 5.96 Å². The summed E-state index contributed by atoms with van der Waals surface area (Å²) < 4.78 is 5.37. The molecule has 0 amide bonds. The summed E-state index contributed by atoms with van der Waals surface area (Å²) in [6, 6.07) is 16.8. The van der Waals surface area contributed by atoms with E-state index in [2.05, 4.69) is 58.1 Å². The van der Waals surface area contributed by atoms with Crippen molar-refractivity contribution in [2.45, 2.75) is 26.3 Å². The number of nitrogens with one attached hydrogen (secondary N) is 2. The van der Waals surface area contributed by atoms with Gasteiger partial charge in [0.1, 0.15) is 5.75 Å². The molecule has 0 fully saturated rings. The summed E-state index contributed by atoms with van der Waals surface area (Å²) >= 11 is 0. The van der Waals surface area contributed by atoms with Crippen LogP contribution in [-0.2, 0) is 13.0 Å². The number of guanidine groups is 1. The van der Waals surface area contributed by atoms with Gasteiger partial charge >= 0.3 is 0 Å². The van der Waals surface area contributed by atoms with Gasteiger partial charge in [-0.05, 0) is 42.5 Å². The molecule has 0 bridgehead atoms. The molecule has 4 nitrogen and oxygen atoms in total. The number of benzene rings is 2. The van der Waals surface area contributed by atoms with E-state index >= 15 is 0 Å². The van der Waals surface area contributed by atoms with Crippen LogP contribution in [0.1, 0.15) is 23.1 Å². The molecule has 24 heavy (non-hydrogen) atoms. The van der Waals surface area contributed by atoms with Crippen molar-refractivity contribution in [3.05, 3.63) is 65.2 Å². The Bertz CT molecular complexity index is 653. The lowest BCUT2D eigenvalue weighted by molar-refractivity contribution is 0.411. The van der Waals surface area contributed by atoms with Crippen LogP contribution < -0.4 is 15.4 Å². The normalized spacial score (nSPS) is 11.2. The number of ether oxygens (including phenoxy) is 1. The third kappa shape index (κ3) is 5.61. The molecule has 2 aromatic carbocycles. The molecule has 0 aliphatic heterocycles. The number of nitrogens with zero attached hydrogens (tertiary/aromatic N) is 1. The van der Waals surface area contributed by atoms with Crippen LogP contribution in [0, 0.1) is 6.92 Å². The first-order chi connectivity index (χ1) is 11.7. The van der Waals surface area contributed by atoms with Gasteiger partial charge in [-0.3, -0.25) is 4.99 Å². The molecule has 0 aliphatic rings. The predicted octanol–water partition coefficient (Wildman–Crippen LogP) is 3.30. The van der Waals surface area contributed by atoms with Crippen LogP contribution in [0.4, 0.5) is 0 Å². The lowest BCUT2D eigenvalue weighted by Crippen LogP contribution is -2.37. The monoisotopic (exact) mass is 325 g/mol. The van der Waals surface area contributed by atoms with Gasteiger partial charge in [-0.1, -0.05) is 42.5 Å². The van der Waals surface area contributed by atoms with Gasteiger partial charge in [-0.2, -0.15) is 0 Å². The van der Waals surface area contributed by atoms with E-state index in [9.17, 15) is 0 Å². The van der Waals surface area contributed by atoms with Gasteiger partial charge in [0.15, 0.2) is 5.96 Å². The topological polar surface area (TPSA) is 45.7 Å². The molecule has 2 aromatic rings. The minimum absolute atomic E-state index is 0.717. The molecule has 0 aliphatic carbocycles. The number of methoxy groups -OCH3 is 1. The Morgan fingerprint density at radius 3 is 2.54 bits per heavy atom. The first-order valence-electron chi connectivity index (χ1n) is 8.35. The second-order valence-corrected chi connectivity index (χ2v) is 5.75. The van der Waals surface area contributed by atoms with Crippen molar-refractivity contribution in [2.24, 2.45) is 4.99 Å². The highest BCUT2D eigenvalue weighted by Gasteiger charge is 2.02. The lowest BCUT2D eigenvalue weighted by Gasteiger charge is -2.13. The van der Waals surface area contributed by atoms with E-state index in [0.717, 1.165) is 43.2 Å². The number of hydrogen-bond acceptors (Lipinski definition) is 2. The fourth-order valence-corrected chi connectivity index (χ4v) is 2.52. The summed E-state index contributed by atoms with van der Waals surface area (Å²) in [6.45, 7) is 3.66. The van der Waals surface area contributed by atoms with Crippen molar-refractivity contribution in [2.75, 3.05) is 20.7 Å². The van der Waals surface area contributed by atoms with E-state index in [4.69, 9.17) is 4.74 Å². The lowest BCUT2D eigenvalue weighted by atomic mass is 10.1. The van der Waals surface area contributed by atoms with E-state index in [-0.39, 0.29) is 0 Å². The first-order valence-corrected chi connectivity index (χ1v) is 8.35. The standard InChI is InChI=1S/C20H27N3O/c1-16-11-12-18(14-19(16)24-3)15-23-20(21-2)22-13-7-10-17-8-5-4-6-9-17/h4-6,8-9,11-12,14H,7,10,13,15H2,1-3H3,(H2,21,22,23). The summed E-state index contributed by atoms with van der Waals surface area (Å²) in [7, 11) is 3.50. The predicted molar refractivity (Wildman–Crippen MR) is 101 cm³/mol. The third-order valence-electron chi connectivity index (χ3n) is 3.93. The largest absolute Gasteiger partial charge is 0.496 e. The van der Waals surface area contributed by atoms with Crippen LogP contribution in [0.25, 0.3) is 0 Å². The molecule has 0 saturated heterocycles. The molecule has 0 saturated carbocycles. The maximum atomic E-state index is 5.37. The third-order valence-corrected chi connectivity index (χ3v) is 3.93. The SMILES string of the molecule is CN=C(NCCCc1ccccc1)NCc1ccc(C)c(OC)c1. The van der Waals surface area contributed by atoms with Crippen molar-refractivity contribution in [1.82, 2.24) is 10.6 Å². The van der Waals surface area contributed by atoms with Gasteiger partial charge in [0.2, 0.25) is 0 Å². The summed E-state index contributed by atoms with van der Waals surface area (Å²) in [5.41, 5.74) is 3.68. The van der Waals surface area contributed by atoms with E-state index in [1.807, 2.05) is 13.0 Å². The van der Waals surface area contributed by atoms with Crippen molar-refractivity contribution < 1.29 is 4.74 Å². The molecule has 4 heteroatoms. The highest BCUT2D eigenvalue weighted by molar-refractivity contribution is 5.79. The molecule has 128 valence electrons. The van der Waals surface area contributed by atoms with Crippen molar-refractivity contribution in [3.8, 4) is 5.75 Å². The van der Waals surface area contributed by atoms with Gasteiger partial charge in [0.05, 0.1) is 7.11 Å². The van der Waals surface area contributed by atoms with Crippen molar-refractivity contribution in [1.29, 1.82) is 0 Å². The van der Waals surface area contributed by atoms with Crippen molar-refractivity contribution in [3.63, 3.8) is 0 Å². The van der Waals surface area contributed by atoms with Crippen LogP contribution in [-0.4, -0.2) is 26.7 Å².